The first-order valence-corrected chi connectivity index (χ1v) is 11.5. The summed E-state index contributed by atoms with van der Waals surface area (Å²) in [5, 5.41) is 20.7. The molecule has 0 aliphatic heterocycles. The number of aromatic amines is 1. The van der Waals surface area contributed by atoms with Gasteiger partial charge in [0.05, 0.1) is 11.1 Å². The molecule has 32 heavy (non-hydrogen) atoms. The van der Waals surface area contributed by atoms with Crippen LogP contribution in [0.25, 0.3) is 16.7 Å². The number of benzene rings is 2. The predicted octanol–water partition coefficient (Wildman–Crippen LogP) is 3.95. The number of aryl methyl sites for hydroxylation is 2. The van der Waals surface area contributed by atoms with Crippen LogP contribution in [-0.4, -0.2) is 38.0 Å². The Morgan fingerprint density at radius 3 is 2.75 bits per heavy atom. The summed E-state index contributed by atoms with van der Waals surface area (Å²) in [5.74, 6) is 0.0966. The van der Waals surface area contributed by atoms with Gasteiger partial charge in [0.2, 0.25) is 5.91 Å². The Balaban J connectivity index is 1.56. The molecule has 2 heterocycles. The number of carbonyl (C=O) groups excluding carboxylic acids is 1. The lowest BCUT2D eigenvalue weighted by atomic mass is 10.1. The summed E-state index contributed by atoms with van der Waals surface area (Å²) in [4.78, 5) is 17.1. The van der Waals surface area contributed by atoms with E-state index in [0.717, 1.165) is 23.4 Å². The fourth-order valence-electron chi connectivity index (χ4n) is 3.41. The molecule has 0 atom stereocenters. The molecule has 0 saturated carbocycles. The van der Waals surface area contributed by atoms with Gasteiger partial charge in [-0.05, 0) is 49.6 Å². The minimum Gasteiger partial charge on any atom is -0.355 e. The lowest BCUT2D eigenvalue weighted by molar-refractivity contribution is -0.118. The third-order valence-corrected chi connectivity index (χ3v) is 6.45. The standard InChI is InChI=1S/C23H23ClN6OS/c1-14-12-17(8-9-18(14)24)30-21(25)20-15(2)28-29-22(20)27-23(30)32-13-19(31)26-11-10-16-6-4-3-5-7-16/h3-9,12,25H,10-11,13H2,1-2H3,(H,26,31)(H,28,29). The number of nitrogens with one attached hydrogen (secondary N) is 3. The summed E-state index contributed by atoms with van der Waals surface area (Å²) in [7, 11) is 0. The van der Waals surface area contributed by atoms with E-state index in [9.17, 15) is 4.79 Å². The Morgan fingerprint density at radius 1 is 1.22 bits per heavy atom. The van der Waals surface area contributed by atoms with E-state index < -0.39 is 0 Å². The van der Waals surface area contributed by atoms with Crippen molar-refractivity contribution in [3.63, 3.8) is 0 Å². The van der Waals surface area contributed by atoms with Crippen molar-refractivity contribution in [3.05, 3.63) is 75.9 Å². The van der Waals surface area contributed by atoms with Crippen molar-refractivity contribution in [2.45, 2.75) is 25.4 Å². The second kappa shape index (κ2) is 9.58. The van der Waals surface area contributed by atoms with E-state index in [2.05, 4.69) is 20.5 Å². The van der Waals surface area contributed by atoms with E-state index in [-0.39, 0.29) is 17.1 Å². The summed E-state index contributed by atoms with van der Waals surface area (Å²) < 4.78 is 1.73. The van der Waals surface area contributed by atoms with Gasteiger partial charge >= 0.3 is 0 Å². The van der Waals surface area contributed by atoms with Gasteiger partial charge in [0.1, 0.15) is 5.49 Å². The van der Waals surface area contributed by atoms with Gasteiger partial charge < -0.3 is 5.32 Å². The van der Waals surface area contributed by atoms with Crippen LogP contribution in [0.1, 0.15) is 16.8 Å². The predicted molar refractivity (Wildman–Crippen MR) is 127 cm³/mol. The zero-order chi connectivity index (χ0) is 22.7. The first-order valence-electron chi connectivity index (χ1n) is 10.2. The van der Waals surface area contributed by atoms with Gasteiger partial charge in [-0.2, -0.15) is 5.10 Å². The molecule has 0 radical (unpaired) electrons. The van der Waals surface area contributed by atoms with Crippen LogP contribution in [0.2, 0.25) is 5.02 Å². The van der Waals surface area contributed by atoms with E-state index in [0.29, 0.717) is 27.8 Å². The van der Waals surface area contributed by atoms with Crippen molar-refractivity contribution >= 4 is 40.3 Å². The van der Waals surface area contributed by atoms with Crippen LogP contribution >= 0.6 is 23.4 Å². The monoisotopic (exact) mass is 466 g/mol. The normalized spacial score (nSPS) is 11.1. The van der Waals surface area contributed by atoms with Gasteiger partial charge in [-0.15, -0.1) is 0 Å². The van der Waals surface area contributed by atoms with E-state index in [1.807, 2.05) is 56.3 Å². The topological polar surface area (TPSA) is 99.4 Å². The number of hydrogen-bond acceptors (Lipinski definition) is 5. The number of thioether (sulfide) groups is 1. The number of halogens is 1. The number of rotatable bonds is 7. The molecule has 0 aliphatic carbocycles. The molecule has 0 bridgehead atoms. The van der Waals surface area contributed by atoms with Gasteiger partial charge in [-0.25, -0.2) is 4.98 Å². The number of H-pyrrole nitrogens is 1. The zero-order valence-electron chi connectivity index (χ0n) is 17.8. The second-order valence-electron chi connectivity index (χ2n) is 7.43. The number of amides is 1. The van der Waals surface area contributed by atoms with Crippen molar-refractivity contribution in [2.75, 3.05) is 12.3 Å². The number of carbonyl (C=O) groups is 1. The van der Waals surface area contributed by atoms with Crippen molar-refractivity contribution in [2.24, 2.45) is 0 Å². The Morgan fingerprint density at radius 2 is 2.00 bits per heavy atom. The van der Waals surface area contributed by atoms with Crippen molar-refractivity contribution in [3.8, 4) is 5.69 Å². The van der Waals surface area contributed by atoms with Crippen LogP contribution in [-0.2, 0) is 11.2 Å². The minimum absolute atomic E-state index is 0.0867. The Hall–Kier alpha value is -3.10. The largest absolute Gasteiger partial charge is 0.355 e. The molecule has 4 aromatic rings. The maximum absolute atomic E-state index is 12.5. The number of fused-ring (bicyclic) bond motifs is 1. The summed E-state index contributed by atoms with van der Waals surface area (Å²) in [5.41, 5.74) is 4.33. The quantitative estimate of drug-likeness (QED) is 0.283. The molecule has 7 nitrogen and oxygen atoms in total. The molecular weight excluding hydrogens is 444 g/mol. The molecule has 1 amide bonds. The van der Waals surface area contributed by atoms with Gasteiger partial charge in [0, 0.05) is 22.9 Å². The third kappa shape index (κ3) is 4.71. The summed E-state index contributed by atoms with van der Waals surface area (Å²) in [6.45, 7) is 4.34. The highest BCUT2D eigenvalue weighted by Gasteiger charge is 2.16. The van der Waals surface area contributed by atoms with Gasteiger partial charge in [0.15, 0.2) is 10.8 Å². The lowest BCUT2D eigenvalue weighted by Gasteiger charge is -2.14. The van der Waals surface area contributed by atoms with E-state index in [4.69, 9.17) is 17.0 Å². The fraction of sp³-hybridized carbons (Fsp3) is 0.217. The van der Waals surface area contributed by atoms with Crippen LogP contribution in [0.5, 0.6) is 0 Å². The molecule has 2 aromatic heterocycles. The molecule has 0 unspecified atom stereocenters. The van der Waals surface area contributed by atoms with Crippen LogP contribution in [0.4, 0.5) is 0 Å². The molecule has 3 N–H and O–H groups in total. The lowest BCUT2D eigenvalue weighted by Crippen LogP contribution is -2.28. The highest BCUT2D eigenvalue weighted by Crippen LogP contribution is 2.24. The summed E-state index contributed by atoms with van der Waals surface area (Å²) in [6.07, 6.45) is 0.773. The van der Waals surface area contributed by atoms with Crippen LogP contribution in [0, 0.1) is 19.3 Å². The number of nitrogens with zero attached hydrogens (tertiary/aromatic N) is 3. The van der Waals surface area contributed by atoms with Crippen molar-refractivity contribution in [1.82, 2.24) is 25.1 Å². The Bertz CT molecular complexity index is 1330. The smallest absolute Gasteiger partial charge is 0.230 e. The first-order chi connectivity index (χ1) is 15.4. The first kappa shape index (κ1) is 22.1. The highest BCUT2D eigenvalue weighted by atomic mass is 35.5. The molecule has 0 spiro atoms. The molecular formula is C23H23ClN6OS. The zero-order valence-corrected chi connectivity index (χ0v) is 19.3. The summed E-state index contributed by atoms with van der Waals surface area (Å²) in [6, 6.07) is 15.6. The maximum atomic E-state index is 12.5. The Labute approximate surface area is 194 Å². The second-order valence-corrected chi connectivity index (χ2v) is 8.78. The SMILES string of the molecule is Cc1cc(-n2c(SCC(=O)NCCc3ccccc3)nc3n[nH]c(C)c3c2=N)ccc1Cl. The number of aromatic nitrogens is 4. The van der Waals surface area contributed by atoms with E-state index >= 15 is 0 Å². The van der Waals surface area contributed by atoms with Crippen LogP contribution in [0.15, 0.2) is 53.7 Å². The molecule has 164 valence electrons. The molecule has 0 fully saturated rings. The molecule has 4 rings (SSSR count). The fourth-order valence-corrected chi connectivity index (χ4v) is 4.36. The average molecular weight is 467 g/mol. The van der Waals surface area contributed by atoms with Crippen LogP contribution < -0.4 is 10.8 Å². The third-order valence-electron chi connectivity index (χ3n) is 5.09. The van der Waals surface area contributed by atoms with Crippen molar-refractivity contribution in [1.29, 1.82) is 5.41 Å². The number of hydrogen-bond donors (Lipinski definition) is 3. The molecule has 2 aromatic carbocycles. The maximum Gasteiger partial charge on any atom is 0.230 e. The van der Waals surface area contributed by atoms with Gasteiger partial charge in [0.25, 0.3) is 0 Å². The van der Waals surface area contributed by atoms with Crippen LogP contribution in [0.3, 0.4) is 0 Å². The van der Waals surface area contributed by atoms with Gasteiger partial charge in [-0.1, -0.05) is 53.7 Å². The summed E-state index contributed by atoms with van der Waals surface area (Å²) >= 11 is 7.48. The van der Waals surface area contributed by atoms with Gasteiger partial charge in [-0.3, -0.25) is 19.9 Å². The van der Waals surface area contributed by atoms with E-state index in [1.165, 1.54) is 17.3 Å². The molecule has 0 aliphatic rings. The van der Waals surface area contributed by atoms with E-state index in [1.54, 1.807) is 10.6 Å². The highest BCUT2D eigenvalue weighted by molar-refractivity contribution is 7.99. The van der Waals surface area contributed by atoms with Crippen molar-refractivity contribution < 1.29 is 4.79 Å². The average Bonchev–Trinajstić information content (AvgIpc) is 3.16. The minimum atomic E-state index is -0.0867. The molecule has 9 heteroatoms. The molecule has 0 saturated heterocycles. The Kier molecular flexibility index (Phi) is 6.62.